The van der Waals surface area contributed by atoms with E-state index in [0.717, 1.165) is 31.9 Å². The maximum Gasteiger partial charge on any atom is 0.0940 e. The molecule has 0 aliphatic carbocycles. The van der Waals surface area contributed by atoms with Gasteiger partial charge in [0, 0.05) is 24.0 Å². The number of hydrogen-bond donors (Lipinski definition) is 1. The highest BCUT2D eigenvalue weighted by Crippen LogP contribution is 2.24. The topological polar surface area (TPSA) is 34.1 Å². The third kappa shape index (κ3) is 3.03. The third-order valence-corrected chi connectivity index (χ3v) is 4.40. The molecule has 1 unspecified atom stereocenters. The van der Waals surface area contributed by atoms with Gasteiger partial charge in [-0.05, 0) is 18.1 Å². The number of aromatic nitrogens is 1. The lowest BCUT2D eigenvalue weighted by molar-refractivity contribution is 0.0824. The summed E-state index contributed by atoms with van der Waals surface area (Å²) in [6.45, 7) is 4.47. The van der Waals surface area contributed by atoms with Crippen molar-refractivity contribution in [3.8, 4) is 0 Å². The highest BCUT2D eigenvalue weighted by atomic mass is 32.1. The van der Waals surface area contributed by atoms with Crippen LogP contribution in [0, 0.1) is 6.92 Å². The van der Waals surface area contributed by atoms with Gasteiger partial charge in [0.05, 0.1) is 24.3 Å². The summed E-state index contributed by atoms with van der Waals surface area (Å²) < 4.78 is 5.64. The Morgan fingerprint density at radius 3 is 3.16 bits per heavy atom. The first-order chi connectivity index (χ1) is 9.33. The van der Waals surface area contributed by atoms with E-state index >= 15 is 0 Å². The van der Waals surface area contributed by atoms with Gasteiger partial charge in [-0.1, -0.05) is 24.3 Å². The van der Waals surface area contributed by atoms with Crippen LogP contribution in [0.25, 0.3) is 0 Å². The number of fused-ring (bicyclic) bond motifs is 1. The molecule has 0 amide bonds. The van der Waals surface area contributed by atoms with Crippen LogP contribution in [0.15, 0.2) is 29.6 Å². The van der Waals surface area contributed by atoms with Crippen LogP contribution in [-0.4, -0.2) is 18.1 Å². The zero-order valence-corrected chi connectivity index (χ0v) is 11.9. The summed E-state index contributed by atoms with van der Waals surface area (Å²) in [4.78, 5) is 4.48. The van der Waals surface area contributed by atoms with Crippen molar-refractivity contribution >= 4 is 11.3 Å². The molecular formula is C15H18N2OS. The van der Waals surface area contributed by atoms with Gasteiger partial charge in [0.15, 0.2) is 0 Å². The van der Waals surface area contributed by atoms with E-state index in [1.807, 2.05) is 6.92 Å². The molecule has 1 aliphatic heterocycles. The molecule has 0 saturated heterocycles. The number of rotatable bonds is 4. The second-order valence-corrected chi connectivity index (χ2v) is 5.80. The first-order valence-corrected chi connectivity index (χ1v) is 7.51. The van der Waals surface area contributed by atoms with Crippen molar-refractivity contribution in [2.45, 2.75) is 26.0 Å². The molecule has 4 heteroatoms. The highest BCUT2D eigenvalue weighted by Gasteiger charge is 2.19. The Bertz CT molecular complexity index is 553. The molecule has 1 aliphatic rings. The average molecular weight is 274 g/mol. The molecule has 2 heterocycles. The van der Waals surface area contributed by atoms with E-state index in [4.69, 9.17) is 4.74 Å². The number of thiazole rings is 1. The van der Waals surface area contributed by atoms with Crippen molar-refractivity contribution < 1.29 is 4.74 Å². The lowest BCUT2D eigenvalue weighted by atomic mass is 9.99. The first kappa shape index (κ1) is 12.8. The van der Waals surface area contributed by atoms with E-state index in [2.05, 4.69) is 39.9 Å². The Kier molecular flexibility index (Phi) is 3.92. The number of nitrogens with one attached hydrogen (secondary N) is 1. The minimum atomic E-state index is 0.311. The fourth-order valence-corrected chi connectivity index (χ4v) is 3.20. The predicted octanol–water partition coefficient (Wildman–Crippen LogP) is 2.86. The van der Waals surface area contributed by atoms with Crippen LogP contribution in [-0.2, 0) is 17.8 Å². The smallest absolute Gasteiger partial charge is 0.0940 e. The van der Waals surface area contributed by atoms with Gasteiger partial charge >= 0.3 is 0 Å². The molecule has 1 atom stereocenters. The predicted molar refractivity (Wildman–Crippen MR) is 77.4 cm³/mol. The molecule has 0 radical (unpaired) electrons. The largest absolute Gasteiger partial charge is 0.375 e. The second kappa shape index (κ2) is 5.82. The van der Waals surface area contributed by atoms with Gasteiger partial charge in [0.25, 0.3) is 0 Å². The van der Waals surface area contributed by atoms with Gasteiger partial charge in [0.1, 0.15) is 0 Å². The van der Waals surface area contributed by atoms with E-state index in [1.54, 1.807) is 11.3 Å². The lowest BCUT2D eigenvalue weighted by Crippen LogP contribution is -2.31. The summed E-state index contributed by atoms with van der Waals surface area (Å²) in [5.74, 6) is 0. The molecule has 0 fully saturated rings. The summed E-state index contributed by atoms with van der Waals surface area (Å²) in [7, 11) is 0. The summed E-state index contributed by atoms with van der Waals surface area (Å²) in [5.41, 5.74) is 3.80. The number of hydrogen-bond acceptors (Lipinski definition) is 4. The second-order valence-electron chi connectivity index (χ2n) is 4.85. The summed E-state index contributed by atoms with van der Waals surface area (Å²) in [6, 6.07) is 8.83. The summed E-state index contributed by atoms with van der Waals surface area (Å²) in [5, 5.41) is 6.89. The minimum Gasteiger partial charge on any atom is -0.375 e. The van der Waals surface area contributed by atoms with E-state index in [-0.39, 0.29) is 0 Å². The summed E-state index contributed by atoms with van der Waals surface area (Å²) >= 11 is 1.74. The zero-order valence-electron chi connectivity index (χ0n) is 11.1. The SMILES string of the molecule is Cc1csc(CCNC2COCc3ccccc32)n1. The van der Waals surface area contributed by atoms with E-state index in [9.17, 15) is 0 Å². The van der Waals surface area contributed by atoms with Gasteiger partial charge in [0.2, 0.25) is 0 Å². The average Bonchev–Trinajstić information content (AvgIpc) is 2.85. The van der Waals surface area contributed by atoms with Crippen molar-refractivity contribution in [3.05, 3.63) is 51.5 Å². The van der Waals surface area contributed by atoms with E-state index in [0.29, 0.717) is 6.04 Å². The normalized spacial score (nSPS) is 18.3. The number of benzene rings is 1. The lowest BCUT2D eigenvalue weighted by Gasteiger charge is -2.26. The van der Waals surface area contributed by atoms with Crippen LogP contribution in [0.2, 0.25) is 0 Å². The van der Waals surface area contributed by atoms with Crippen molar-refractivity contribution in [2.24, 2.45) is 0 Å². The monoisotopic (exact) mass is 274 g/mol. The number of ether oxygens (including phenoxy) is 1. The van der Waals surface area contributed by atoms with Crippen molar-refractivity contribution in [3.63, 3.8) is 0 Å². The van der Waals surface area contributed by atoms with Crippen LogP contribution < -0.4 is 5.32 Å². The molecule has 100 valence electrons. The molecule has 2 aromatic rings. The Morgan fingerprint density at radius 2 is 2.32 bits per heavy atom. The first-order valence-electron chi connectivity index (χ1n) is 6.63. The Labute approximate surface area is 117 Å². The van der Waals surface area contributed by atoms with Crippen LogP contribution in [0.5, 0.6) is 0 Å². The highest BCUT2D eigenvalue weighted by molar-refractivity contribution is 7.09. The van der Waals surface area contributed by atoms with Gasteiger partial charge in [-0.15, -0.1) is 11.3 Å². The maximum absolute atomic E-state index is 5.64. The molecule has 19 heavy (non-hydrogen) atoms. The summed E-state index contributed by atoms with van der Waals surface area (Å²) in [6.07, 6.45) is 0.983. The van der Waals surface area contributed by atoms with Crippen molar-refractivity contribution in [2.75, 3.05) is 13.2 Å². The molecule has 0 saturated carbocycles. The van der Waals surface area contributed by atoms with Crippen LogP contribution >= 0.6 is 11.3 Å². The van der Waals surface area contributed by atoms with E-state index < -0.39 is 0 Å². The quantitative estimate of drug-likeness (QED) is 0.931. The van der Waals surface area contributed by atoms with Crippen LogP contribution in [0.3, 0.4) is 0 Å². The Morgan fingerprint density at radius 1 is 1.42 bits per heavy atom. The molecule has 1 aromatic heterocycles. The minimum absolute atomic E-state index is 0.311. The Balaban J connectivity index is 1.59. The van der Waals surface area contributed by atoms with Crippen LogP contribution in [0.4, 0.5) is 0 Å². The van der Waals surface area contributed by atoms with Crippen LogP contribution in [0.1, 0.15) is 27.9 Å². The van der Waals surface area contributed by atoms with Gasteiger partial charge in [-0.25, -0.2) is 4.98 Å². The van der Waals surface area contributed by atoms with Gasteiger partial charge in [-0.3, -0.25) is 0 Å². The fourth-order valence-electron chi connectivity index (χ4n) is 2.42. The molecule has 3 nitrogen and oxygen atoms in total. The molecule has 0 spiro atoms. The fraction of sp³-hybridized carbons (Fsp3) is 0.400. The molecule has 1 N–H and O–H groups in total. The molecular weight excluding hydrogens is 256 g/mol. The third-order valence-electron chi connectivity index (χ3n) is 3.37. The zero-order chi connectivity index (χ0) is 13.1. The van der Waals surface area contributed by atoms with Gasteiger partial charge in [-0.2, -0.15) is 0 Å². The standard InChI is InChI=1S/C15H18N2OS/c1-11-10-19-15(17-11)6-7-16-14-9-18-8-12-4-2-3-5-13(12)14/h2-5,10,14,16H,6-9H2,1H3. The van der Waals surface area contributed by atoms with Gasteiger partial charge < -0.3 is 10.1 Å². The Hall–Kier alpha value is -1.23. The number of nitrogens with zero attached hydrogens (tertiary/aromatic N) is 1. The van der Waals surface area contributed by atoms with Crippen molar-refractivity contribution in [1.29, 1.82) is 0 Å². The van der Waals surface area contributed by atoms with Crippen molar-refractivity contribution in [1.82, 2.24) is 10.3 Å². The molecule has 3 rings (SSSR count). The van der Waals surface area contributed by atoms with E-state index in [1.165, 1.54) is 16.1 Å². The maximum atomic E-state index is 5.64. The number of aryl methyl sites for hydroxylation is 1. The molecule has 1 aromatic carbocycles. The molecule has 0 bridgehead atoms.